The Labute approximate surface area is 153 Å². The molecule has 0 saturated carbocycles. The molecule has 1 aromatic carbocycles. The molecule has 0 unspecified atom stereocenters. The summed E-state index contributed by atoms with van der Waals surface area (Å²) in [6.45, 7) is 5.35. The lowest BCUT2D eigenvalue weighted by Gasteiger charge is -2.08. The fourth-order valence-electron chi connectivity index (χ4n) is 2.59. The molecule has 0 aliphatic rings. The van der Waals surface area contributed by atoms with Gasteiger partial charge < -0.3 is 9.84 Å². The van der Waals surface area contributed by atoms with Gasteiger partial charge >= 0.3 is 12.2 Å². The highest BCUT2D eigenvalue weighted by Gasteiger charge is 2.31. The molecule has 3 aromatic rings. The van der Waals surface area contributed by atoms with Gasteiger partial charge in [-0.15, -0.1) is 0 Å². The molecule has 0 aliphatic heterocycles. The normalized spacial score (nSPS) is 11.8. The molecule has 2 aromatic heterocycles. The Kier molecular flexibility index (Phi) is 4.77. The van der Waals surface area contributed by atoms with E-state index in [1.807, 2.05) is 13.8 Å². The van der Waals surface area contributed by atoms with Crippen molar-refractivity contribution in [2.45, 2.75) is 33.0 Å². The number of halogens is 3. The second-order valence-electron chi connectivity index (χ2n) is 6.34. The zero-order valence-corrected chi connectivity index (χ0v) is 14.8. The highest BCUT2D eigenvalue weighted by Crippen LogP contribution is 2.35. The summed E-state index contributed by atoms with van der Waals surface area (Å²) < 4.78 is 45.1. The minimum absolute atomic E-state index is 0.0687. The van der Waals surface area contributed by atoms with E-state index in [1.54, 1.807) is 13.0 Å². The number of hydrogen-bond donors (Lipinski definition) is 1. The molecule has 142 valence electrons. The number of rotatable bonds is 3. The zero-order chi connectivity index (χ0) is 19.8. The smallest absolute Gasteiger partial charge is 0.363 e. The van der Waals surface area contributed by atoms with Crippen molar-refractivity contribution < 1.29 is 22.5 Å². The maximum Gasteiger partial charge on any atom is 0.416 e. The van der Waals surface area contributed by atoms with Gasteiger partial charge in [0.25, 0.3) is 0 Å². The highest BCUT2D eigenvalue weighted by atomic mass is 19.4. The van der Waals surface area contributed by atoms with Crippen molar-refractivity contribution in [2.75, 3.05) is 0 Å². The van der Waals surface area contributed by atoms with E-state index in [-0.39, 0.29) is 17.3 Å². The van der Waals surface area contributed by atoms with E-state index >= 15 is 0 Å². The Morgan fingerprint density at radius 1 is 1.26 bits per heavy atom. The van der Waals surface area contributed by atoms with E-state index in [0.717, 1.165) is 12.1 Å². The summed E-state index contributed by atoms with van der Waals surface area (Å²) in [5, 5.41) is 10.8. The van der Waals surface area contributed by atoms with Gasteiger partial charge in [0.15, 0.2) is 0 Å². The fourth-order valence-corrected chi connectivity index (χ4v) is 2.59. The number of aromatic nitrogens is 3. The van der Waals surface area contributed by atoms with Crippen molar-refractivity contribution in [2.24, 2.45) is 0 Å². The van der Waals surface area contributed by atoms with E-state index in [9.17, 15) is 18.0 Å². The summed E-state index contributed by atoms with van der Waals surface area (Å²) in [5.41, 5.74) is 1.02. The first kappa shape index (κ1) is 18.7. The van der Waals surface area contributed by atoms with E-state index in [4.69, 9.17) is 4.52 Å². The first-order chi connectivity index (χ1) is 12.7. The quantitative estimate of drug-likeness (QED) is 0.728. The van der Waals surface area contributed by atoms with Crippen LogP contribution >= 0.6 is 0 Å². The SMILES string of the molecule is Cc1cc(-c2conc2-c2cccc(C(F)(F)F)c2)nn1C(=O)NC(C)C. The molecule has 0 aliphatic carbocycles. The number of alkyl halides is 3. The van der Waals surface area contributed by atoms with Crippen LogP contribution in [0.15, 0.2) is 41.1 Å². The molecule has 9 heteroatoms. The van der Waals surface area contributed by atoms with E-state index in [1.165, 1.54) is 23.1 Å². The average molecular weight is 378 g/mol. The molecule has 0 radical (unpaired) electrons. The van der Waals surface area contributed by atoms with Crippen LogP contribution < -0.4 is 5.32 Å². The Balaban J connectivity index is 2.01. The predicted octanol–water partition coefficient (Wildman–Crippen LogP) is 4.50. The minimum Gasteiger partial charge on any atom is -0.363 e. The summed E-state index contributed by atoms with van der Waals surface area (Å²) in [6.07, 6.45) is -3.17. The third kappa shape index (κ3) is 3.86. The molecule has 27 heavy (non-hydrogen) atoms. The first-order valence-corrected chi connectivity index (χ1v) is 8.16. The minimum atomic E-state index is -4.47. The van der Waals surface area contributed by atoms with Crippen LogP contribution in [0.3, 0.4) is 0 Å². The number of carbonyl (C=O) groups is 1. The van der Waals surface area contributed by atoms with Gasteiger partial charge in [0, 0.05) is 17.3 Å². The van der Waals surface area contributed by atoms with Crippen molar-refractivity contribution in [3.8, 4) is 22.5 Å². The highest BCUT2D eigenvalue weighted by molar-refractivity contribution is 5.81. The summed E-state index contributed by atoms with van der Waals surface area (Å²) in [6, 6.07) is 5.97. The Bertz CT molecular complexity index is 973. The van der Waals surface area contributed by atoms with Crippen LogP contribution in [0.1, 0.15) is 25.1 Å². The molecule has 1 N–H and O–H groups in total. The van der Waals surface area contributed by atoms with E-state index < -0.39 is 17.8 Å². The van der Waals surface area contributed by atoms with Gasteiger partial charge in [0.1, 0.15) is 12.0 Å². The van der Waals surface area contributed by atoms with Gasteiger partial charge in [0.2, 0.25) is 0 Å². The molecule has 0 bridgehead atoms. The Hall–Kier alpha value is -3.10. The van der Waals surface area contributed by atoms with Crippen LogP contribution in [0, 0.1) is 6.92 Å². The van der Waals surface area contributed by atoms with Crippen LogP contribution in [-0.2, 0) is 6.18 Å². The van der Waals surface area contributed by atoms with E-state index in [0.29, 0.717) is 17.0 Å². The molecule has 2 heterocycles. The van der Waals surface area contributed by atoms with Crippen LogP contribution in [0.4, 0.5) is 18.0 Å². The number of amides is 1. The van der Waals surface area contributed by atoms with Crippen LogP contribution in [0.25, 0.3) is 22.5 Å². The number of hydrogen-bond acceptors (Lipinski definition) is 4. The maximum atomic E-state index is 13.0. The van der Waals surface area contributed by atoms with Crippen molar-refractivity contribution >= 4 is 6.03 Å². The molecular weight excluding hydrogens is 361 g/mol. The van der Waals surface area contributed by atoms with Gasteiger partial charge in [-0.05, 0) is 39.0 Å². The van der Waals surface area contributed by atoms with Crippen molar-refractivity contribution in [3.05, 3.63) is 47.9 Å². The zero-order valence-electron chi connectivity index (χ0n) is 14.8. The number of nitrogens with one attached hydrogen (secondary N) is 1. The molecular formula is C18H17F3N4O2. The molecule has 6 nitrogen and oxygen atoms in total. The third-order valence-corrected chi connectivity index (χ3v) is 3.80. The first-order valence-electron chi connectivity index (χ1n) is 8.16. The standard InChI is InChI=1S/C18H17F3N4O2/c1-10(2)22-17(26)25-11(3)7-15(23-25)14-9-27-24-16(14)12-5-4-6-13(8-12)18(19,20)21/h4-10H,1-3H3,(H,22,26). The van der Waals surface area contributed by atoms with E-state index in [2.05, 4.69) is 15.6 Å². The lowest BCUT2D eigenvalue weighted by molar-refractivity contribution is -0.137. The molecule has 0 fully saturated rings. The third-order valence-electron chi connectivity index (χ3n) is 3.80. The summed E-state index contributed by atoms with van der Waals surface area (Å²) in [4.78, 5) is 12.2. The molecule has 0 atom stereocenters. The van der Waals surface area contributed by atoms with Gasteiger partial charge in [-0.2, -0.15) is 23.0 Å². The van der Waals surface area contributed by atoms with Crippen LogP contribution in [-0.4, -0.2) is 27.0 Å². The molecule has 3 rings (SSSR count). The molecule has 0 saturated heterocycles. The van der Waals surface area contributed by atoms with Gasteiger partial charge in [0.05, 0.1) is 16.8 Å². The lowest BCUT2D eigenvalue weighted by Crippen LogP contribution is -2.35. The monoisotopic (exact) mass is 378 g/mol. The number of carbonyl (C=O) groups excluding carboxylic acids is 1. The van der Waals surface area contributed by atoms with Crippen molar-refractivity contribution in [1.82, 2.24) is 20.3 Å². The summed E-state index contributed by atoms with van der Waals surface area (Å²) in [7, 11) is 0. The van der Waals surface area contributed by atoms with Gasteiger partial charge in [-0.3, -0.25) is 0 Å². The van der Waals surface area contributed by atoms with Crippen molar-refractivity contribution in [1.29, 1.82) is 0 Å². The number of aryl methyl sites for hydroxylation is 1. The lowest BCUT2D eigenvalue weighted by atomic mass is 10.0. The van der Waals surface area contributed by atoms with Gasteiger partial charge in [-0.1, -0.05) is 17.3 Å². The van der Waals surface area contributed by atoms with Gasteiger partial charge in [-0.25, -0.2) is 4.79 Å². The molecule has 1 amide bonds. The maximum absolute atomic E-state index is 13.0. The second kappa shape index (κ2) is 6.90. The fraction of sp³-hybridized carbons (Fsp3) is 0.278. The number of benzene rings is 1. The second-order valence-corrected chi connectivity index (χ2v) is 6.34. The Morgan fingerprint density at radius 3 is 2.67 bits per heavy atom. The topological polar surface area (TPSA) is 73.0 Å². The number of nitrogens with zero attached hydrogens (tertiary/aromatic N) is 3. The average Bonchev–Trinajstić information content (AvgIpc) is 3.20. The summed E-state index contributed by atoms with van der Waals surface area (Å²) in [5.74, 6) is 0. The summed E-state index contributed by atoms with van der Waals surface area (Å²) >= 11 is 0. The largest absolute Gasteiger partial charge is 0.416 e. The predicted molar refractivity (Wildman–Crippen MR) is 92.0 cm³/mol. The van der Waals surface area contributed by atoms with Crippen LogP contribution in [0.5, 0.6) is 0 Å². The van der Waals surface area contributed by atoms with Crippen LogP contribution in [0.2, 0.25) is 0 Å². The van der Waals surface area contributed by atoms with Crippen molar-refractivity contribution in [3.63, 3.8) is 0 Å². The molecule has 0 spiro atoms. The Morgan fingerprint density at radius 2 is 2.00 bits per heavy atom.